The Labute approximate surface area is 191 Å². The summed E-state index contributed by atoms with van der Waals surface area (Å²) in [6, 6.07) is 5.99. The van der Waals surface area contributed by atoms with Gasteiger partial charge in [0.05, 0.1) is 35.9 Å². The lowest BCUT2D eigenvalue weighted by atomic mass is 9.84. The first-order chi connectivity index (χ1) is 14.2. The van der Waals surface area contributed by atoms with Gasteiger partial charge in [0.2, 0.25) is 0 Å². The number of esters is 1. The summed E-state index contributed by atoms with van der Waals surface area (Å²) >= 11 is 3.93. The molecule has 0 aliphatic heterocycles. The van der Waals surface area contributed by atoms with E-state index in [1.54, 1.807) is 0 Å². The minimum absolute atomic E-state index is 0.245. The van der Waals surface area contributed by atoms with E-state index in [1.807, 2.05) is 12.1 Å². The molecule has 1 aromatic carbocycles. The number of rotatable bonds is 7. The molecule has 4 nitrogen and oxygen atoms in total. The molecule has 1 fully saturated rings. The molecule has 0 amide bonds. The summed E-state index contributed by atoms with van der Waals surface area (Å²) in [5, 5.41) is 1.51. The van der Waals surface area contributed by atoms with Crippen molar-refractivity contribution in [2.24, 2.45) is 0 Å². The van der Waals surface area contributed by atoms with Gasteiger partial charge < -0.3 is 9.30 Å². The van der Waals surface area contributed by atoms with E-state index >= 15 is 0 Å². The van der Waals surface area contributed by atoms with E-state index in [9.17, 15) is 4.79 Å². The van der Waals surface area contributed by atoms with E-state index < -0.39 is 9.04 Å². The number of halogens is 1. The molecule has 0 bridgehead atoms. The largest absolute Gasteiger partial charge is 0.475 e. The average Bonchev–Trinajstić information content (AvgIpc) is 3.00. The molecule has 164 valence electrons. The Kier molecular flexibility index (Phi) is 7.85. The van der Waals surface area contributed by atoms with Crippen molar-refractivity contribution in [1.29, 1.82) is 0 Å². The highest BCUT2D eigenvalue weighted by atomic mass is 79.9. The van der Waals surface area contributed by atoms with Crippen LogP contribution in [0.5, 0.6) is 0 Å². The smallest absolute Gasteiger partial charge is 0.465 e. The fraction of sp³-hybridized carbons (Fsp3) is 0.625. The topological polar surface area (TPSA) is 40.5 Å². The molecule has 0 atom stereocenters. The van der Waals surface area contributed by atoms with Gasteiger partial charge in [-0.15, -0.1) is 0 Å². The Balaban J connectivity index is 1.88. The number of methoxy groups -OCH3 is 1. The number of carbonyl (C=O) groups is 1. The lowest BCUT2D eigenvalue weighted by Crippen LogP contribution is -2.26. The molecule has 1 aliphatic carbocycles. The predicted molar refractivity (Wildman–Crippen MR) is 129 cm³/mol. The summed E-state index contributed by atoms with van der Waals surface area (Å²) in [7, 11) is 0.610. The highest BCUT2D eigenvalue weighted by molar-refractivity contribution is 9.10. The molecule has 3 rings (SSSR count). The third kappa shape index (κ3) is 5.20. The Morgan fingerprint density at radius 1 is 1.23 bits per heavy atom. The lowest BCUT2D eigenvalue weighted by molar-refractivity contribution is 0.0601. The lowest BCUT2D eigenvalue weighted by Gasteiger charge is -2.22. The number of ether oxygens (including phenoxy) is 1. The Morgan fingerprint density at radius 3 is 2.57 bits per heavy atom. The number of aromatic nitrogens is 1. The van der Waals surface area contributed by atoms with Crippen LogP contribution in [0.4, 0.5) is 0 Å². The monoisotopic (exact) mass is 492 g/mol. The second kappa shape index (κ2) is 10.0. The summed E-state index contributed by atoms with van der Waals surface area (Å²) < 4.78 is 14.6. The van der Waals surface area contributed by atoms with Crippen LogP contribution in [0.25, 0.3) is 10.9 Å². The molecular weight excluding hydrogens is 458 g/mol. The second-order valence-electron chi connectivity index (χ2n) is 9.42. The van der Waals surface area contributed by atoms with Crippen LogP contribution in [0.2, 0.25) is 11.6 Å². The van der Waals surface area contributed by atoms with Gasteiger partial charge in [0, 0.05) is 11.9 Å². The molecule has 0 spiro atoms. The summed E-state index contributed by atoms with van der Waals surface area (Å²) in [4.78, 5) is 12.1. The van der Waals surface area contributed by atoms with Crippen LogP contribution in [0.15, 0.2) is 22.8 Å². The summed E-state index contributed by atoms with van der Waals surface area (Å²) in [6.07, 6.45) is 7.37. The Hall–Kier alpha value is -1.11. The standard InChI is InChI=1S/C24H35BrNO3Si/c1-24(2,3)30(5)29-15-9-14-26-20-16-18(23(27)28-4)12-13-19(20)21(22(26)25)17-10-7-6-8-11-17/h12-13,16-17H,6-11,14-15H2,1-5H3/q+1. The number of hydrogen-bond acceptors (Lipinski definition) is 3. The van der Waals surface area contributed by atoms with Gasteiger partial charge in [-0.3, -0.25) is 0 Å². The van der Waals surface area contributed by atoms with E-state index in [2.05, 4.69) is 53.9 Å². The van der Waals surface area contributed by atoms with Gasteiger partial charge in [-0.1, -0.05) is 25.3 Å². The van der Waals surface area contributed by atoms with Crippen molar-refractivity contribution >= 4 is 41.8 Å². The van der Waals surface area contributed by atoms with Gasteiger partial charge in [0.25, 0.3) is 0 Å². The number of fused-ring (bicyclic) bond motifs is 1. The molecule has 0 N–H and O–H groups in total. The van der Waals surface area contributed by atoms with Crippen molar-refractivity contribution in [3.05, 3.63) is 33.9 Å². The normalized spacial score (nSPS) is 15.5. The SMILES string of the molecule is COC(=O)c1ccc2c(C3CCCCC3)c(Br)n(CCCO[Si+](C)C(C)(C)C)c2c1. The van der Waals surface area contributed by atoms with Crippen LogP contribution in [0.3, 0.4) is 0 Å². The number of aryl methyl sites for hydroxylation is 1. The van der Waals surface area contributed by atoms with Gasteiger partial charge in [-0.25, -0.2) is 9.22 Å². The van der Waals surface area contributed by atoms with Gasteiger partial charge in [0.15, 0.2) is 0 Å². The van der Waals surface area contributed by atoms with Crippen LogP contribution in [-0.2, 0) is 15.7 Å². The zero-order valence-electron chi connectivity index (χ0n) is 19.0. The van der Waals surface area contributed by atoms with Crippen molar-refractivity contribution in [3.8, 4) is 0 Å². The van der Waals surface area contributed by atoms with E-state index in [4.69, 9.17) is 9.16 Å². The maximum atomic E-state index is 12.1. The van der Waals surface area contributed by atoms with Gasteiger partial charge in [-0.05, 0) is 79.6 Å². The van der Waals surface area contributed by atoms with Crippen LogP contribution in [0, 0.1) is 0 Å². The van der Waals surface area contributed by atoms with Crippen molar-refractivity contribution < 1.29 is 14.0 Å². The molecule has 0 unspecified atom stereocenters. The molecule has 1 saturated carbocycles. The van der Waals surface area contributed by atoms with Crippen molar-refractivity contribution in [3.63, 3.8) is 0 Å². The van der Waals surface area contributed by atoms with Crippen LogP contribution < -0.4 is 0 Å². The maximum Gasteiger partial charge on any atom is 0.475 e. The predicted octanol–water partition coefficient (Wildman–Crippen LogP) is 7.07. The first-order valence-electron chi connectivity index (χ1n) is 11.1. The first kappa shape index (κ1) is 23.5. The second-order valence-corrected chi connectivity index (χ2v) is 13.1. The molecular formula is C24H35BrNO3Si+. The highest BCUT2D eigenvalue weighted by Gasteiger charge is 2.38. The van der Waals surface area contributed by atoms with Crippen LogP contribution >= 0.6 is 15.9 Å². The minimum Gasteiger partial charge on any atom is -0.465 e. The van der Waals surface area contributed by atoms with Crippen molar-refractivity contribution in [2.75, 3.05) is 13.7 Å². The Bertz CT molecular complexity index is 881. The van der Waals surface area contributed by atoms with E-state index in [1.165, 1.54) is 54.8 Å². The van der Waals surface area contributed by atoms with Gasteiger partial charge in [-0.2, -0.15) is 0 Å². The quantitative estimate of drug-likeness (QED) is 0.235. The maximum absolute atomic E-state index is 12.1. The summed E-state index contributed by atoms with van der Waals surface area (Å²) in [5.41, 5.74) is 3.13. The fourth-order valence-corrected chi connectivity index (χ4v) is 6.04. The van der Waals surface area contributed by atoms with Gasteiger partial charge >= 0.3 is 15.0 Å². The Morgan fingerprint density at radius 2 is 1.93 bits per heavy atom. The van der Waals surface area contributed by atoms with Crippen molar-refractivity contribution in [1.82, 2.24) is 4.57 Å². The average molecular weight is 494 g/mol. The van der Waals surface area contributed by atoms with Crippen molar-refractivity contribution in [2.45, 2.75) is 83.3 Å². The molecule has 1 heterocycles. The molecule has 30 heavy (non-hydrogen) atoms. The molecule has 2 aromatic rings. The molecule has 1 aliphatic rings. The number of carbonyl (C=O) groups excluding carboxylic acids is 1. The third-order valence-corrected chi connectivity index (χ3v) is 9.98. The fourth-order valence-electron chi connectivity index (χ4n) is 4.25. The molecule has 1 aromatic heterocycles. The highest BCUT2D eigenvalue weighted by Crippen LogP contribution is 2.42. The molecule has 6 heteroatoms. The number of benzene rings is 1. The molecule has 0 saturated heterocycles. The zero-order chi connectivity index (χ0) is 21.9. The van der Waals surface area contributed by atoms with Gasteiger partial charge in [0.1, 0.15) is 5.04 Å². The third-order valence-electron chi connectivity index (χ3n) is 6.37. The summed E-state index contributed by atoms with van der Waals surface area (Å²) in [6.45, 7) is 10.6. The zero-order valence-corrected chi connectivity index (χ0v) is 21.6. The minimum atomic E-state index is -0.826. The molecule has 0 radical (unpaired) electrons. The van der Waals surface area contributed by atoms with E-state index in [-0.39, 0.29) is 11.0 Å². The summed E-state index contributed by atoms with van der Waals surface area (Å²) in [5.74, 6) is 0.301. The number of hydrogen-bond donors (Lipinski definition) is 0. The first-order valence-corrected chi connectivity index (χ1v) is 13.8. The van der Waals surface area contributed by atoms with Crippen LogP contribution in [-0.4, -0.2) is 33.3 Å². The van der Waals surface area contributed by atoms with Crippen LogP contribution in [0.1, 0.15) is 81.1 Å². The van der Waals surface area contributed by atoms with E-state index in [0.29, 0.717) is 11.5 Å². The number of nitrogens with zero attached hydrogens (tertiary/aromatic N) is 1. The van der Waals surface area contributed by atoms with E-state index in [0.717, 1.165) is 25.1 Å².